The number of carbonyl (C=O) groups is 2. The van der Waals surface area contributed by atoms with Gasteiger partial charge in [0.25, 0.3) is 5.91 Å². The third-order valence-corrected chi connectivity index (χ3v) is 2.54. The molecule has 0 bridgehead atoms. The minimum atomic E-state index is -1.36. The average Bonchev–Trinajstić information content (AvgIpc) is 2.84. The number of β-amino-alcohol motifs (C(OH)–C–C–N with tert-alkyl or cyclic N) is 1. The Morgan fingerprint density at radius 1 is 1.56 bits per heavy atom. The molecule has 1 saturated heterocycles. The molecule has 1 aliphatic heterocycles. The van der Waals surface area contributed by atoms with Crippen molar-refractivity contribution in [2.24, 2.45) is 0 Å². The summed E-state index contributed by atoms with van der Waals surface area (Å²) in [7, 11) is 0. The highest BCUT2D eigenvalue weighted by Crippen LogP contribution is 2.20. The fourth-order valence-corrected chi connectivity index (χ4v) is 1.80. The maximum atomic E-state index is 11.8. The van der Waals surface area contributed by atoms with Crippen LogP contribution < -0.4 is 5.11 Å². The summed E-state index contributed by atoms with van der Waals surface area (Å²) in [5, 5.41) is 20.1. The lowest BCUT2D eigenvalue weighted by Gasteiger charge is -2.23. The molecule has 6 heteroatoms. The second kappa shape index (κ2) is 3.97. The predicted octanol–water partition coefficient (Wildman–Crippen LogP) is -1.40. The molecule has 1 aromatic rings. The SMILES string of the molecule is O=C([O-])[C@@H]1C[C@H](O)CN1C(=O)c1ccco1. The minimum Gasteiger partial charge on any atom is -0.548 e. The Kier molecular flexibility index (Phi) is 2.66. The number of carboxylic acids is 1. The number of hydrogen-bond acceptors (Lipinski definition) is 5. The molecule has 6 nitrogen and oxygen atoms in total. The van der Waals surface area contributed by atoms with E-state index in [0.29, 0.717) is 0 Å². The molecule has 0 saturated carbocycles. The van der Waals surface area contributed by atoms with E-state index in [4.69, 9.17) is 4.42 Å². The van der Waals surface area contributed by atoms with Gasteiger partial charge in [-0.25, -0.2) is 0 Å². The van der Waals surface area contributed by atoms with E-state index in [2.05, 4.69) is 0 Å². The lowest BCUT2D eigenvalue weighted by Crippen LogP contribution is -2.46. The summed E-state index contributed by atoms with van der Waals surface area (Å²) >= 11 is 0. The van der Waals surface area contributed by atoms with Gasteiger partial charge in [0, 0.05) is 13.0 Å². The molecule has 0 aromatic carbocycles. The quantitative estimate of drug-likeness (QED) is 0.667. The van der Waals surface area contributed by atoms with Crippen molar-refractivity contribution in [3.8, 4) is 0 Å². The van der Waals surface area contributed by atoms with E-state index < -0.39 is 24.0 Å². The molecule has 1 amide bonds. The Morgan fingerprint density at radius 2 is 2.31 bits per heavy atom. The summed E-state index contributed by atoms with van der Waals surface area (Å²) in [6.45, 7) is -0.0157. The Balaban J connectivity index is 2.20. The predicted molar refractivity (Wildman–Crippen MR) is 49.2 cm³/mol. The van der Waals surface area contributed by atoms with Crippen molar-refractivity contribution in [2.45, 2.75) is 18.6 Å². The Hall–Kier alpha value is -1.82. The summed E-state index contributed by atoms with van der Waals surface area (Å²) in [5.41, 5.74) is 0. The topological polar surface area (TPSA) is 93.8 Å². The van der Waals surface area contributed by atoms with Gasteiger partial charge in [-0.1, -0.05) is 0 Å². The maximum Gasteiger partial charge on any atom is 0.290 e. The molecule has 2 atom stereocenters. The van der Waals surface area contributed by atoms with E-state index in [-0.39, 0.29) is 18.7 Å². The Labute approximate surface area is 91.1 Å². The molecule has 0 radical (unpaired) electrons. The number of rotatable bonds is 2. The first-order chi connectivity index (χ1) is 7.59. The van der Waals surface area contributed by atoms with Crippen LogP contribution in [0.3, 0.4) is 0 Å². The van der Waals surface area contributed by atoms with Crippen LogP contribution in [0.5, 0.6) is 0 Å². The van der Waals surface area contributed by atoms with Gasteiger partial charge in [0.15, 0.2) is 5.76 Å². The van der Waals surface area contributed by atoms with E-state index in [9.17, 15) is 19.8 Å². The average molecular weight is 224 g/mol. The zero-order chi connectivity index (χ0) is 11.7. The van der Waals surface area contributed by atoms with Crippen molar-refractivity contribution < 1.29 is 24.2 Å². The van der Waals surface area contributed by atoms with E-state index in [1.807, 2.05) is 0 Å². The molecular formula is C10H10NO5-. The highest BCUT2D eigenvalue weighted by molar-refractivity contribution is 5.94. The van der Waals surface area contributed by atoms with Gasteiger partial charge < -0.3 is 24.3 Å². The minimum absolute atomic E-state index is 0.00518. The van der Waals surface area contributed by atoms with Crippen LogP contribution >= 0.6 is 0 Å². The smallest absolute Gasteiger partial charge is 0.290 e. The van der Waals surface area contributed by atoms with Gasteiger partial charge in [0.05, 0.1) is 24.4 Å². The summed E-state index contributed by atoms with van der Waals surface area (Å²) in [4.78, 5) is 23.6. The molecule has 16 heavy (non-hydrogen) atoms. The number of nitrogens with zero attached hydrogens (tertiary/aromatic N) is 1. The normalized spacial score (nSPS) is 24.7. The first kappa shape index (κ1) is 10.7. The van der Waals surface area contributed by atoms with Crippen molar-refractivity contribution in [2.75, 3.05) is 6.54 Å². The fraction of sp³-hybridized carbons (Fsp3) is 0.400. The van der Waals surface area contributed by atoms with Crippen LogP contribution in [0.4, 0.5) is 0 Å². The number of aliphatic carboxylic acids is 1. The number of aliphatic hydroxyl groups is 1. The van der Waals surface area contributed by atoms with Gasteiger partial charge in [0.1, 0.15) is 0 Å². The van der Waals surface area contributed by atoms with Gasteiger partial charge in [-0.15, -0.1) is 0 Å². The Morgan fingerprint density at radius 3 is 2.88 bits per heavy atom. The highest BCUT2D eigenvalue weighted by Gasteiger charge is 2.36. The van der Waals surface area contributed by atoms with Crippen molar-refractivity contribution in [1.29, 1.82) is 0 Å². The first-order valence-electron chi connectivity index (χ1n) is 4.83. The van der Waals surface area contributed by atoms with Crippen LogP contribution in [-0.2, 0) is 4.79 Å². The van der Waals surface area contributed by atoms with E-state index in [1.54, 1.807) is 0 Å². The van der Waals surface area contributed by atoms with Crippen molar-refractivity contribution in [3.63, 3.8) is 0 Å². The van der Waals surface area contributed by atoms with Gasteiger partial charge in [0.2, 0.25) is 0 Å². The second-order valence-electron chi connectivity index (χ2n) is 3.66. The van der Waals surface area contributed by atoms with Crippen molar-refractivity contribution in [1.82, 2.24) is 4.90 Å². The fourth-order valence-electron chi connectivity index (χ4n) is 1.80. The molecule has 0 unspecified atom stereocenters. The van der Waals surface area contributed by atoms with Gasteiger partial charge >= 0.3 is 0 Å². The molecule has 0 aliphatic carbocycles. The van der Waals surface area contributed by atoms with Crippen LogP contribution in [0.25, 0.3) is 0 Å². The maximum absolute atomic E-state index is 11.8. The number of hydrogen-bond donors (Lipinski definition) is 1. The zero-order valence-corrected chi connectivity index (χ0v) is 8.33. The second-order valence-corrected chi connectivity index (χ2v) is 3.66. The summed E-state index contributed by atoms with van der Waals surface area (Å²) < 4.78 is 4.88. The van der Waals surface area contributed by atoms with E-state index >= 15 is 0 Å². The number of carbonyl (C=O) groups excluding carboxylic acids is 2. The first-order valence-corrected chi connectivity index (χ1v) is 4.83. The number of likely N-dealkylation sites (tertiary alicyclic amines) is 1. The van der Waals surface area contributed by atoms with Crippen molar-refractivity contribution in [3.05, 3.63) is 24.2 Å². The number of carboxylic acid groups (broad SMARTS) is 1. The zero-order valence-electron chi connectivity index (χ0n) is 8.33. The highest BCUT2D eigenvalue weighted by atomic mass is 16.4. The molecule has 2 heterocycles. The summed E-state index contributed by atoms with van der Waals surface area (Å²) in [5.74, 6) is -1.85. The lowest BCUT2D eigenvalue weighted by molar-refractivity contribution is -0.310. The van der Waals surface area contributed by atoms with E-state index in [1.165, 1.54) is 18.4 Å². The van der Waals surface area contributed by atoms with Crippen LogP contribution in [0.15, 0.2) is 22.8 Å². The molecular weight excluding hydrogens is 214 g/mol. The molecule has 1 fully saturated rings. The van der Waals surface area contributed by atoms with Crippen LogP contribution in [0.1, 0.15) is 17.0 Å². The summed E-state index contributed by atoms with van der Waals surface area (Å²) in [6.07, 6.45) is 0.490. The Bertz CT molecular complexity index is 399. The third-order valence-electron chi connectivity index (χ3n) is 2.54. The van der Waals surface area contributed by atoms with Gasteiger partial charge in [-0.3, -0.25) is 4.79 Å². The molecule has 2 rings (SSSR count). The van der Waals surface area contributed by atoms with Crippen LogP contribution in [0, 0.1) is 0 Å². The monoisotopic (exact) mass is 224 g/mol. The number of aliphatic hydroxyl groups excluding tert-OH is 1. The van der Waals surface area contributed by atoms with Crippen LogP contribution in [-0.4, -0.2) is 40.6 Å². The summed E-state index contributed by atoms with van der Waals surface area (Å²) in [6, 6.07) is 1.89. The number of amides is 1. The molecule has 86 valence electrons. The third kappa shape index (κ3) is 1.79. The van der Waals surface area contributed by atoms with E-state index in [0.717, 1.165) is 4.90 Å². The lowest BCUT2D eigenvalue weighted by atomic mass is 10.2. The molecule has 1 N–H and O–H groups in total. The standard InChI is InChI=1S/C10H11NO5/c12-6-4-7(10(14)15)11(5-6)9(13)8-2-1-3-16-8/h1-3,6-7,12H,4-5H2,(H,14,15)/p-1/t6-,7-/m0/s1. The van der Waals surface area contributed by atoms with Gasteiger partial charge in [-0.05, 0) is 12.1 Å². The largest absolute Gasteiger partial charge is 0.548 e. The van der Waals surface area contributed by atoms with Gasteiger partial charge in [-0.2, -0.15) is 0 Å². The van der Waals surface area contributed by atoms with Crippen LogP contribution in [0.2, 0.25) is 0 Å². The number of furan rings is 1. The molecule has 1 aliphatic rings. The molecule has 1 aromatic heterocycles. The van der Waals surface area contributed by atoms with Crippen molar-refractivity contribution >= 4 is 11.9 Å². The molecule has 0 spiro atoms.